The number of nitrogens with zero attached hydrogens (tertiary/aromatic N) is 1. The molecule has 128 valence electrons. The molecule has 2 aliphatic rings. The Kier molecular flexibility index (Phi) is 8.56. The highest BCUT2D eigenvalue weighted by Gasteiger charge is 2.28. The summed E-state index contributed by atoms with van der Waals surface area (Å²) >= 11 is 0. The van der Waals surface area contributed by atoms with Crippen LogP contribution < -0.4 is 16.0 Å². The van der Waals surface area contributed by atoms with E-state index in [9.17, 15) is 9.59 Å². The molecular formula is C15H29ClN4O2. The summed E-state index contributed by atoms with van der Waals surface area (Å²) in [7, 11) is 1.90. The van der Waals surface area contributed by atoms with Crippen LogP contribution in [0.2, 0.25) is 0 Å². The number of hydrogen-bond acceptors (Lipinski definition) is 3. The average molecular weight is 333 g/mol. The van der Waals surface area contributed by atoms with Crippen LogP contribution in [0.15, 0.2) is 0 Å². The van der Waals surface area contributed by atoms with Crippen molar-refractivity contribution in [3.05, 3.63) is 0 Å². The quantitative estimate of drug-likeness (QED) is 0.709. The van der Waals surface area contributed by atoms with Gasteiger partial charge in [-0.15, -0.1) is 12.4 Å². The fourth-order valence-electron chi connectivity index (χ4n) is 3.35. The Morgan fingerprint density at radius 1 is 1.09 bits per heavy atom. The fraction of sp³-hybridized carbons (Fsp3) is 0.867. The van der Waals surface area contributed by atoms with Crippen LogP contribution in [0.1, 0.15) is 44.9 Å². The number of likely N-dealkylation sites (tertiary alicyclic amines) is 1. The Balaban J connectivity index is 0.00000242. The fourth-order valence-corrected chi connectivity index (χ4v) is 3.35. The van der Waals surface area contributed by atoms with Crippen LogP contribution in [0.25, 0.3) is 0 Å². The maximum atomic E-state index is 12.2. The standard InChI is InChI=1S/C15H28N4O2.ClH/c1-16-10-13-8-5-9-19(13)14(20)11-17-15(21)18-12-6-3-2-4-7-12;/h12-13,16H,2-11H2,1H3,(H2,17,18,21);1H. The zero-order valence-electron chi connectivity index (χ0n) is 13.4. The molecular weight excluding hydrogens is 304 g/mol. The molecule has 1 saturated carbocycles. The van der Waals surface area contributed by atoms with Gasteiger partial charge in [0.1, 0.15) is 0 Å². The number of hydrogen-bond donors (Lipinski definition) is 3. The Hall–Kier alpha value is -1.01. The van der Waals surface area contributed by atoms with E-state index in [1.54, 1.807) is 0 Å². The number of likely N-dealkylation sites (N-methyl/N-ethyl adjacent to an activating group) is 1. The van der Waals surface area contributed by atoms with Crippen molar-refractivity contribution in [3.63, 3.8) is 0 Å². The molecule has 1 unspecified atom stereocenters. The summed E-state index contributed by atoms with van der Waals surface area (Å²) in [5, 5.41) is 8.80. The predicted molar refractivity (Wildman–Crippen MR) is 89.3 cm³/mol. The molecule has 0 bridgehead atoms. The first kappa shape index (κ1) is 19.0. The van der Waals surface area contributed by atoms with Crippen LogP contribution >= 0.6 is 12.4 Å². The van der Waals surface area contributed by atoms with Gasteiger partial charge >= 0.3 is 6.03 Å². The lowest BCUT2D eigenvalue weighted by molar-refractivity contribution is -0.130. The van der Waals surface area contributed by atoms with E-state index in [0.717, 1.165) is 38.8 Å². The van der Waals surface area contributed by atoms with Gasteiger partial charge in [0.2, 0.25) is 5.91 Å². The van der Waals surface area contributed by atoms with Gasteiger partial charge in [0.25, 0.3) is 0 Å². The molecule has 2 rings (SSSR count). The molecule has 22 heavy (non-hydrogen) atoms. The summed E-state index contributed by atoms with van der Waals surface area (Å²) < 4.78 is 0. The lowest BCUT2D eigenvalue weighted by Gasteiger charge is -2.25. The highest BCUT2D eigenvalue weighted by Crippen LogP contribution is 2.17. The topological polar surface area (TPSA) is 73.5 Å². The largest absolute Gasteiger partial charge is 0.337 e. The maximum absolute atomic E-state index is 12.2. The first-order valence-corrected chi connectivity index (χ1v) is 8.19. The summed E-state index contributed by atoms with van der Waals surface area (Å²) in [5.41, 5.74) is 0. The van der Waals surface area contributed by atoms with Gasteiger partial charge in [-0.1, -0.05) is 19.3 Å². The lowest BCUT2D eigenvalue weighted by atomic mass is 9.96. The second kappa shape index (κ2) is 9.90. The number of rotatable bonds is 5. The molecule has 2 fully saturated rings. The number of amides is 3. The van der Waals surface area contributed by atoms with Gasteiger partial charge in [-0.25, -0.2) is 4.79 Å². The van der Waals surface area contributed by atoms with E-state index in [4.69, 9.17) is 0 Å². The second-order valence-electron chi connectivity index (χ2n) is 6.10. The zero-order valence-corrected chi connectivity index (χ0v) is 14.2. The van der Waals surface area contributed by atoms with E-state index in [1.165, 1.54) is 19.3 Å². The summed E-state index contributed by atoms with van der Waals surface area (Å²) in [6, 6.07) is 0.336. The van der Waals surface area contributed by atoms with Gasteiger partial charge in [0.05, 0.1) is 6.54 Å². The predicted octanol–water partition coefficient (Wildman–Crippen LogP) is 1.25. The van der Waals surface area contributed by atoms with E-state index in [-0.39, 0.29) is 43.0 Å². The summed E-state index contributed by atoms with van der Waals surface area (Å²) in [6.45, 7) is 1.72. The van der Waals surface area contributed by atoms with E-state index in [1.807, 2.05) is 11.9 Å². The van der Waals surface area contributed by atoms with Crippen LogP contribution in [0.4, 0.5) is 4.79 Å². The summed E-state index contributed by atoms with van der Waals surface area (Å²) in [6.07, 6.45) is 7.83. The van der Waals surface area contributed by atoms with Crippen LogP contribution in [-0.4, -0.2) is 55.6 Å². The number of carbonyl (C=O) groups is 2. The average Bonchev–Trinajstić information content (AvgIpc) is 2.95. The molecule has 0 aromatic rings. The molecule has 0 aromatic heterocycles. The van der Waals surface area contributed by atoms with Gasteiger partial charge in [-0.3, -0.25) is 4.79 Å². The molecule has 0 aromatic carbocycles. The lowest BCUT2D eigenvalue weighted by Crippen LogP contribution is -2.49. The van der Waals surface area contributed by atoms with Crippen molar-refractivity contribution in [2.24, 2.45) is 0 Å². The molecule has 7 heteroatoms. The van der Waals surface area contributed by atoms with E-state index in [2.05, 4.69) is 16.0 Å². The third-order valence-corrected chi connectivity index (χ3v) is 4.48. The Morgan fingerprint density at radius 3 is 2.50 bits per heavy atom. The van der Waals surface area contributed by atoms with E-state index >= 15 is 0 Å². The first-order valence-electron chi connectivity index (χ1n) is 8.19. The SMILES string of the molecule is CNCC1CCCN1C(=O)CNC(=O)NC1CCCCC1.Cl. The minimum Gasteiger partial charge on any atom is -0.337 e. The van der Waals surface area contributed by atoms with Crippen molar-refractivity contribution < 1.29 is 9.59 Å². The van der Waals surface area contributed by atoms with Gasteiger partial charge in [-0.05, 0) is 32.7 Å². The number of urea groups is 1. The van der Waals surface area contributed by atoms with Crippen molar-refractivity contribution in [2.45, 2.75) is 57.0 Å². The summed E-state index contributed by atoms with van der Waals surface area (Å²) in [4.78, 5) is 25.9. The molecule has 6 nitrogen and oxygen atoms in total. The third-order valence-electron chi connectivity index (χ3n) is 4.48. The zero-order chi connectivity index (χ0) is 15.1. The normalized spacial score (nSPS) is 22.0. The number of nitrogens with one attached hydrogen (secondary N) is 3. The molecule has 1 aliphatic heterocycles. The highest BCUT2D eigenvalue weighted by molar-refractivity contribution is 5.85. The van der Waals surface area contributed by atoms with Crippen molar-refractivity contribution in [1.29, 1.82) is 0 Å². The van der Waals surface area contributed by atoms with Gasteiger partial charge in [-0.2, -0.15) is 0 Å². The molecule has 0 spiro atoms. The molecule has 0 radical (unpaired) electrons. The Labute approximate surface area is 139 Å². The van der Waals surface area contributed by atoms with Crippen LogP contribution in [0.5, 0.6) is 0 Å². The minimum atomic E-state index is -0.209. The highest BCUT2D eigenvalue weighted by atomic mass is 35.5. The smallest absolute Gasteiger partial charge is 0.315 e. The molecule has 3 N–H and O–H groups in total. The van der Waals surface area contributed by atoms with Gasteiger partial charge in [0.15, 0.2) is 0 Å². The van der Waals surface area contributed by atoms with Crippen molar-refractivity contribution in [1.82, 2.24) is 20.9 Å². The molecule has 1 saturated heterocycles. The van der Waals surface area contributed by atoms with Crippen LogP contribution in [0.3, 0.4) is 0 Å². The first-order chi connectivity index (χ1) is 10.2. The second-order valence-corrected chi connectivity index (χ2v) is 6.10. The minimum absolute atomic E-state index is 0. The number of halogens is 1. The van der Waals surface area contributed by atoms with Gasteiger partial charge in [0, 0.05) is 25.2 Å². The van der Waals surface area contributed by atoms with Gasteiger partial charge < -0.3 is 20.9 Å². The molecule has 1 atom stereocenters. The molecule has 1 aliphatic carbocycles. The monoisotopic (exact) mass is 332 g/mol. The number of carbonyl (C=O) groups excluding carboxylic acids is 2. The van der Waals surface area contributed by atoms with Crippen molar-refractivity contribution >= 4 is 24.3 Å². The van der Waals surface area contributed by atoms with Crippen molar-refractivity contribution in [3.8, 4) is 0 Å². The Bertz CT molecular complexity index is 361. The summed E-state index contributed by atoms with van der Waals surface area (Å²) in [5.74, 6) is 0.0199. The Morgan fingerprint density at radius 2 is 1.82 bits per heavy atom. The maximum Gasteiger partial charge on any atom is 0.315 e. The van der Waals surface area contributed by atoms with Crippen LogP contribution in [0, 0.1) is 0 Å². The van der Waals surface area contributed by atoms with E-state index < -0.39 is 0 Å². The van der Waals surface area contributed by atoms with E-state index in [0.29, 0.717) is 0 Å². The molecule has 3 amide bonds. The van der Waals surface area contributed by atoms with Crippen LogP contribution in [-0.2, 0) is 4.79 Å². The van der Waals surface area contributed by atoms with Crippen molar-refractivity contribution in [2.75, 3.05) is 26.7 Å². The third kappa shape index (κ3) is 5.65. The molecule has 1 heterocycles.